The van der Waals surface area contributed by atoms with Crippen LogP contribution < -0.4 is 4.74 Å². The molecule has 0 atom stereocenters. The van der Waals surface area contributed by atoms with E-state index < -0.39 is 7.38 Å². The van der Waals surface area contributed by atoms with E-state index in [1.165, 1.54) is 5.56 Å². The third-order valence-electron chi connectivity index (χ3n) is 2.33. The van der Waals surface area contributed by atoms with E-state index in [4.69, 9.17) is 15.8 Å². The highest BCUT2D eigenvalue weighted by atomic mass is 35.6. The van der Waals surface area contributed by atoms with Crippen molar-refractivity contribution in [3.8, 4) is 5.75 Å². The minimum Gasteiger partial charge on any atom is -0.488 e. The van der Waals surface area contributed by atoms with Crippen LogP contribution in [0, 0.1) is 0 Å². The SMILES string of the molecule is CC(C)(C)Oc1cccc(CC[Si](C)(C)Cl)c1. The zero-order chi connectivity index (χ0) is 13.1. The minimum atomic E-state index is -1.47. The lowest BCUT2D eigenvalue weighted by molar-refractivity contribution is 0.131. The Balaban J connectivity index is 2.66. The third-order valence-corrected chi connectivity index (χ3v) is 4.34. The van der Waals surface area contributed by atoms with E-state index in [0.29, 0.717) is 0 Å². The Hall–Kier alpha value is -0.473. The van der Waals surface area contributed by atoms with Gasteiger partial charge in [0.05, 0.1) is 0 Å². The first-order valence-corrected chi connectivity index (χ1v) is 10.3. The van der Waals surface area contributed by atoms with Gasteiger partial charge in [-0.05, 0) is 50.9 Å². The van der Waals surface area contributed by atoms with Gasteiger partial charge in [0.2, 0.25) is 0 Å². The van der Waals surface area contributed by atoms with E-state index in [-0.39, 0.29) is 5.60 Å². The third kappa shape index (κ3) is 6.74. The van der Waals surface area contributed by atoms with Crippen LogP contribution in [0.1, 0.15) is 26.3 Å². The van der Waals surface area contributed by atoms with Crippen LogP contribution in [0.2, 0.25) is 19.1 Å². The van der Waals surface area contributed by atoms with Crippen molar-refractivity contribution in [2.75, 3.05) is 0 Å². The number of ether oxygens (including phenoxy) is 1. The second-order valence-corrected chi connectivity index (χ2v) is 13.1. The summed E-state index contributed by atoms with van der Waals surface area (Å²) in [5.41, 5.74) is 1.17. The fourth-order valence-electron chi connectivity index (χ4n) is 1.56. The molecule has 0 aromatic heterocycles. The van der Waals surface area contributed by atoms with Crippen molar-refractivity contribution in [1.82, 2.24) is 0 Å². The van der Waals surface area contributed by atoms with Crippen molar-refractivity contribution in [1.29, 1.82) is 0 Å². The Labute approximate surface area is 111 Å². The molecule has 0 unspecified atom stereocenters. The fourth-order valence-corrected chi connectivity index (χ4v) is 2.73. The Morgan fingerprint density at radius 2 is 1.88 bits per heavy atom. The molecule has 0 amide bonds. The van der Waals surface area contributed by atoms with E-state index >= 15 is 0 Å². The first-order chi connectivity index (χ1) is 7.66. The van der Waals surface area contributed by atoms with Crippen molar-refractivity contribution in [3.05, 3.63) is 29.8 Å². The molecule has 0 spiro atoms. The zero-order valence-corrected chi connectivity index (χ0v) is 13.3. The summed E-state index contributed by atoms with van der Waals surface area (Å²) in [6.07, 6.45) is 1.05. The number of halogens is 1. The second-order valence-electron chi connectivity index (χ2n) is 6.08. The van der Waals surface area contributed by atoms with Crippen LogP contribution in [0.25, 0.3) is 0 Å². The first-order valence-electron chi connectivity index (χ1n) is 6.13. The maximum absolute atomic E-state index is 6.34. The van der Waals surface area contributed by atoms with Crippen LogP contribution in [-0.2, 0) is 6.42 Å². The molecule has 1 nitrogen and oxygen atoms in total. The summed E-state index contributed by atoms with van der Waals surface area (Å²) in [5, 5.41) is 0. The molecule has 1 aromatic carbocycles. The van der Waals surface area contributed by atoms with Gasteiger partial charge < -0.3 is 4.74 Å². The van der Waals surface area contributed by atoms with Gasteiger partial charge in [-0.25, -0.2) is 0 Å². The van der Waals surface area contributed by atoms with Gasteiger partial charge in [0, 0.05) is 0 Å². The second kappa shape index (κ2) is 5.45. The highest BCUT2D eigenvalue weighted by Crippen LogP contribution is 2.22. The monoisotopic (exact) mass is 270 g/mol. The lowest BCUT2D eigenvalue weighted by Crippen LogP contribution is -2.23. The molecule has 0 radical (unpaired) electrons. The molecule has 0 fully saturated rings. The van der Waals surface area contributed by atoms with Crippen LogP contribution in [0.5, 0.6) is 5.75 Å². The molecule has 1 aromatic rings. The molecular weight excluding hydrogens is 248 g/mol. The Morgan fingerprint density at radius 3 is 2.41 bits per heavy atom. The molecular formula is C14H23ClOSi. The van der Waals surface area contributed by atoms with Crippen LogP contribution in [0.15, 0.2) is 24.3 Å². The Kier molecular flexibility index (Phi) is 4.67. The molecule has 0 aliphatic heterocycles. The van der Waals surface area contributed by atoms with Crippen molar-refractivity contribution < 1.29 is 4.74 Å². The molecule has 0 saturated carbocycles. The predicted octanol–water partition coefficient (Wildman–Crippen LogP) is 4.85. The quantitative estimate of drug-likeness (QED) is 0.561. The highest BCUT2D eigenvalue weighted by Gasteiger charge is 2.17. The maximum atomic E-state index is 6.34. The van der Waals surface area contributed by atoms with E-state index in [1.807, 2.05) is 6.07 Å². The Bertz CT molecular complexity index is 363. The van der Waals surface area contributed by atoms with Gasteiger partial charge in [-0.1, -0.05) is 25.2 Å². The number of hydrogen-bond acceptors (Lipinski definition) is 1. The molecule has 0 aliphatic carbocycles. The summed E-state index contributed by atoms with van der Waals surface area (Å²) < 4.78 is 5.85. The molecule has 0 saturated heterocycles. The zero-order valence-electron chi connectivity index (χ0n) is 11.5. The molecule has 0 bridgehead atoms. The van der Waals surface area contributed by atoms with E-state index in [9.17, 15) is 0 Å². The van der Waals surface area contributed by atoms with Gasteiger partial charge in [-0.2, -0.15) is 11.1 Å². The average Bonchev–Trinajstić information content (AvgIpc) is 2.11. The lowest BCUT2D eigenvalue weighted by Gasteiger charge is -2.21. The normalized spacial score (nSPS) is 12.6. The average molecular weight is 271 g/mol. The summed E-state index contributed by atoms with van der Waals surface area (Å²) in [6.45, 7) is 10.6. The van der Waals surface area contributed by atoms with E-state index in [0.717, 1.165) is 18.2 Å². The molecule has 0 N–H and O–H groups in total. The van der Waals surface area contributed by atoms with Crippen molar-refractivity contribution in [3.63, 3.8) is 0 Å². The fraction of sp³-hybridized carbons (Fsp3) is 0.571. The van der Waals surface area contributed by atoms with Gasteiger partial charge in [0.1, 0.15) is 11.4 Å². The van der Waals surface area contributed by atoms with Gasteiger partial charge in [0.25, 0.3) is 0 Å². The Morgan fingerprint density at radius 1 is 1.24 bits per heavy atom. The van der Waals surface area contributed by atoms with Crippen molar-refractivity contribution in [2.45, 2.75) is 51.9 Å². The molecule has 0 aliphatic rings. The summed E-state index contributed by atoms with van der Waals surface area (Å²) in [5.74, 6) is 0.948. The maximum Gasteiger partial charge on any atom is 0.150 e. The highest BCUT2D eigenvalue weighted by molar-refractivity contribution is 7.19. The van der Waals surface area contributed by atoms with Crippen LogP contribution in [0.4, 0.5) is 0 Å². The summed E-state index contributed by atoms with van der Waals surface area (Å²) in [4.78, 5) is 0. The van der Waals surface area contributed by atoms with Crippen LogP contribution in [-0.4, -0.2) is 13.0 Å². The van der Waals surface area contributed by atoms with Gasteiger partial charge in [-0.3, -0.25) is 0 Å². The summed E-state index contributed by atoms with van der Waals surface area (Å²) in [6, 6.07) is 9.44. The molecule has 0 heterocycles. The van der Waals surface area contributed by atoms with Crippen molar-refractivity contribution >= 4 is 18.5 Å². The molecule has 1 rings (SSSR count). The molecule has 17 heavy (non-hydrogen) atoms. The number of hydrogen-bond donors (Lipinski definition) is 0. The smallest absolute Gasteiger partial charge is 0.150 e. The number of benzene rings is 1. The molecule has 96 valence electrons. The summed E-state index contributed by atoms with van der Waals surface area (Å²) in [7, 11) is -1.47. The topological polar surface area (TPSA) is 9.23 Å². The number of rotatable bonds is 4. The first kappa shape index (κ1) is 14.6. The van der Waals surface area contributed by atoms with E-state index in [1.54, 1.807) is 0 Å². The number of aryl methyl sites for hydroxylation is 1. The predicted molar refractivity (Wildman–Crippen MR) is 78.7 cm³/mol. The summed E-state index contributed by atoms with van der Waals surface area (Å²) >= 11 is 6.34. The molecule has 3 heteroatoms. The largest absolute Gasteiger partial charge is 0.488 e. The van der Waals surface area contributed by atoms with Gasteiger partial charge in [0.15, 0.2) is 7.38 Å². The van der Waals surface area contributed by atoms with E-state index in [2.05, 4.69) is 52.1 Å². The van der Waals surface area contributed by atoms with Crippen LogP contribution >= 0.6 is 11.1 Å². The van der Waals surface area contributed by atoms with Crippen LogP contribution in [0.3, 0.4) is 0 Å². The van der Waals surface area contributed by atoms with Crippen molar-refractivity contribution in [2.24, 2.45) is 0 Å². The van der Waals surface area contributed by atoms with Gasteiger partial charge >= 0.3 is 0 Å². The standard InChI is InChI=1S/C14H23ClOSi/c1-14(2,3)16-13-8-6-7-12(11-13)9-10-17(4,5)15/h6-8,11H,9-10H2,1-5H3. The van der Waals surface area contributed by atoms with Gasteiger partial charge in [-0.15, -0.1) is 0 Å². The minimum absolute atomic E-state index is 0.140. The lowest BCUT2D eigenvalue weighted by atomic mass is 10.1.